The van der Waals surface area contributed by atoms with Crippen LogP contribution in [0.15, 0.2) is 0 Å². The van der Waals surface area contributed by atoms with Crippen molar-refractivity contribution in [3.63, 3.8) is 0 Å². The van der Waals surface area contributed by atoms with E-state index in [0.717, 1.165) is 26.2 Å². The first kappa shape index (κ1) is 14.8. The number of nitrogen functional groups attached to an aromatic ring is 1. The van der Waals surface area contributed by atoms with E-state index in [2.05, 4.69) is 45.5 Å². The molecule has 2 heterocycles. The van der Waals surface area contributed by atoms with Crippen molar-refractivity contribution >= 4 is 17.8 Å². The van der Waals surface area contributed by atoms with Crippen LogP contribution in [-0.4, -0.2) is 65.7 Å². The highest BCUT2D eigenvalue weighted by atomic mass is 15.4. The fourth-order valence-corrected chi connectivity index (χ4v) is 2.29. The van der Waals surface area contributed by atoms with Gasteiger partial charge in [-0.2, -0.15) is 15.0 Å². The molecule has 0 saturated carbocycles. The Bertz CT molecular complexity index is 458. The quantitative estimate of drug-likeness (QED) is 0.842. The zero-order valence-corrected chi connectivity index (χ0v) is 13.1. The smallest absolute Gasteiger partial charge is 0.232 e. The van der Waals surface area contributed by atoms with Gasteiger partial charge in [0.15, 0.2) is 0 Å². The SMILES string of the molecule is CN(C)c1nc(N)nc(N2CCN(C(C)(C)C)CC2)n1. The Hall–Kier alpha value is -1.63. The van der Waals surface area contributed by atoms with Gasteiger partial charge in [-0.15, -0.1) is 0 Å². The fraction of sp³-hybridized carbons (Fsp3) is 0.769. The lowest BCUT2D eigenvalue weighted by molar-refractivity contribution is 0.128. The van der Waals surface area contributed by atoms with Crippen molar-refractivity contribution in [2.45, 2.75) is 26.3 Å². The molecule has 2 rings (SSSR count). The molecule has 1 aromatic rings. The molecule has 20 heavy (non-hydrogen) atoms. The van der Waals surface area contributed by atoms with E-state index >= 15 is 0 Å². The first-order valence-corrected chi connectivity index (χ1v) is 6.96. The van der Waals surface area contributed by atoms with Gasteiger partial charge in [0.25, 0.3) is 0 Å². The Morgan fingerprint density at radius 2 is 1.60 bits per heavy atom. The summed E-state index contributed by atoms with van der Waals surface area (Å²) in [5, 5.41) is 0. The molecule has 0 atom stereocenters. The molecule has 0 bridgehead atoms. The van der Waals surface area contributed by atoms with Gasteiger partial charge < -0.3 is 15.5 Å². The molecule has 1 fully saturated rings. The highest BCUT2D eigenvalue weighted by molar-refractivity contribution is 5.43. The second-order valence-electron chi connectivity index (χ2n) is 6.33. The Morgan fingerprint density at radius 3 is 2.10 bits per heavy atom. The van der Waals surface area contributed by atoms with Crippen molar-refractivity contribution < 1.29 is 0 Å². The van der Waals surface area contributed by atoms with E-state index in [-0.39, 0.29) is 11.5 Å². The molecule has 112 valence electrons. The highest BCUT2D eigenvalue weighted by Crippen LogP contribution is 2.19. The summed E-state index contributed by atoms with van der Waals surface area (Å²) in [5.41, 5.74) is 5.98. The lowest BCUT2D eigenvalue weighted by atomic mass is 10.1. The first-order chi connectivity index (χ1) is 9.27. The van der Waals surface area contributed by atoms with Gasteiger partial charge in [0.1, 0.15) is 0 Å². The molecular formula is C13H25N7. The number of nitrogens with two attached hydrogens (primary N) is 1. The predicted molar refractivity (Wildman–Crippen MR) is 82.1 cm³/mol. The Balaban J connectivity index is 2.11. The molecule has 0 amide bonds. The van der Waals surface area contributed by atoms with Crippen molar-refractivity contribution in [2.75, 3.05) is 55.8 Å². The number of hydrogen-bond acceptors (Lipinski definition) is 7. The summed E-state index contributed by atoms with van der Waals surface area (Å²) >= 11 is 0. The highest BCUT2D eigenvalue weighted by Gasteiger charge is 2.27. The predicted octanol–water partition coefficient (Wildman–Crippen LogP) is 0.440. The average Bonchev–Trinajstić information content (AvgIpc) is 2.37. The summed E-state index contributed by atoms with van der Waals surface area (Å²) in [7, 11) is 3.80. The molecule has 1 aliphatic rings. The van der Waals surface area contributed by atoms with Gasteiger partial charge in [0, 0.05) is 45.8 Å². The van der Waals surface area contributed by atoms with Gasteiger partial charge in [0.05, 0.1) is 0 Å². The first-order valence-electron chi connectivity index (χ1n) is 6.96. The normalized spacial score (nSPS) is 17.4. The van der Waals surface area contributed by atoms with Crippen LogP contribution in [0.1, 0.15) is 20.8 Å². The van der Waals surface area contributed by atoms with Gasteiger partial charge in [0.2, 0.25) is 17.8 Å². The molecule has 7 nitrogen and oxygen atoms in total. The standard InChI is InChI=1S/C13H25N7/c1-13(2,3)20-8-6-19(7-9-20)12-16-10(14)15-11(17-12)18(4)5/h6-9H2,1-5H3,(H2,14,15,16,17). The van der Waals surface area contributed by atoms with Crippen LogP contribution in [0.4, 0.5) is 17.8 Å². The molecule has 0 aromatic carbocycles. The van der Waals surface area contributed by atoms with Crippen molar-refractivity contribution in [2.24, 2.45) is 0 Å². The number of hydrogen-bond donors (Lipinski definition) is 1. The second kappa shape index (κ2) is 5.40. The minimum absolute atomic E-state index is 0.207. The summed E-state index contributed by atoms with van der Waals surface area (Å²) in [6.07, 6.45) is 0. The van der Waals surface area contributed by atoms with Crippen LogP contribution in [0.3, 0.4) is 0 Å². The van der Waals surface area contributed by atoms with E-state index in [0.29, 0.717) is 11.9 Å². The molecule has 0 aliphatic carbocycles. The van der Waals surface area contributed by atoms with Crippen LogP contribution in [0.25, 0.3) is 0 Å². The maximum atomic E-state index is 5.77. The summed E-state index contributed by atoms with van der Waals surface area (Å²) in [6, 6.07) is 0. The third-order valence-corrected chi connectivity index (χ3v) is 3.54. The number of nitrogens with zero attached hydrogens (tertiary/aromatic N) is 6. The Kier molecular flexibility index (Phi) is 3.99. The van der Waals surface area contributed by atoms with Gasteiger partial charge in [-0.25, -0.2) is 0 Å². The third-order valence-electron chi connectivity index (χ3n) is 3.54. The molecule has 0 unspecified atom stereocenters. The maximum Gasteiger partial charge on any atom is 0.232 e. The molecule has 0 spiro atoms. The molecular weight excluding hydrogens is 254 g/mol. The van der Waals surface area contributed by atoms with Crippen molar-refractivity contribution in [3.8, 4) is 0 Å². The zero-order chi connectivity index (χ0) is 14.9. The number of anilines is 3. The summed E-state index contributed by atoms with van der Waals surface area (Å²) in [5.74, 6) is 1.55. The fourth-order valence-electron chi connectivity index (χ4n) is 2.29. The van der Waals surface area contributed by atoms with E-state index in [1.807, 2.05) is 19.0 Å². The third kappa shape index (κ3) is 3.27. The number of rotatable bonds is 2. The molecule has 1 saturated heterocycles. The van der Waals surface area contributed by atoms with Crippen LogP contribution in [-0.2, 0) is 0 Å². The second-order valence-corrected chi connectivity index (χ2v) is 6.33. The minimum Gasteiger partial charge on any atom is -0.368 e. The lowest BCUT2D eigenvalue weighted by Crippen LogP contribution is -2.53. The summed E-state index contributed by atoms with van der Waals surface area (Å²) in [6.45, 7) is 10.6. The summed E-state index contributed by atoms with van der Waals surface area (Å²) < 4.78 is 0. The van der Waals surface area contributed by atoms with Gasteiger partial charge in [-0.3, -0.25) is 4.90 Å². The molecule has 1 aromatic heterocycles. The van der Waals surface area contributed by atoms with Crippen molar-refractivity contribution in [3.05, 3.63) is 0 Å². The average molecular weight is 279 g/mol. The van der Waals surface area contributed by atoms with Gasteiger partial charge in [-0.05, 0) is 20.8 Å². The number of aromatic nitrogens is 3. The van der Waals surface area contributed by atoms with Gasteiger partial charge in [-0.1, -0.05) is 0 Å². The van der Waals surface area contributed by atoms with E-state index in [9.17, 15) is 0 Å². The van der Waals surface area contributed by atoms with Crippen LogP contribution < -0.4 is 15.5 Å². The minimum atomic E-state index is 0.207. The Morgan fingerprint density at radius 1 is 1.00 bits per heavy atom. The molecule has 7 heteroatoms. The largest absolute Gasteiger partial charge is 0.368 e. The maximum absolute atomic E-state index is 5.77. The molecule has 0 radical (unpaired) electrons. The van der Waals surface area contributed by atoms with Crippen molar-refractivity contribution in [1.82, 2.24) is 19.9 Å². The lowest BCUT2D eigenvalue weighted by Gasteiger charge is -2.42. The topological polar surface area (TPSA) is 74.4 Å². The Labute approximate surface area is 120 Å². The van der Waals surface area contributed by atoms with Gasteiger partial charge >= 0.3 is 0 Å². The zero-order valence-electron chi connectivity index (χ0n) is 13.1. The number of piperazine rings is 1. The monoisotopic (exact) mass is 279 g/mol. The summed E-state index contributed by atoms with van der Waals surface area (Å²) in [4.78, 5) is 19.4. The van der Waals surface area contributed by atoms with Crippen molar-refractivity contribution in [1.29, 1.82) is 0 Å². The van der Waals surface area contributed by atoms with E-state index in [4.69, 9.17) is 5.73 Å². The van der Waals surface area contributed by atoms with Crippen LogP contribution in [0, 0.1) is 0 Å². The van der Waals surface area contributed by atoms with E-state index in [1.165, 1.54) is 0 Å². The molecule has 2 N–H and O–H groups in total. The molecule has 1 aliphatic heterocycles. The van der Waals surface area contributed by atoms with E-state index < -0.39 is 0 Å². The van der Waals surface area contributed by atoms with Crippen LogP contribution in [0.5, 0.6) is 0 Å². The van der Waals surface area contributed by atoms with E-state index in [1.54, 1.807) is 0 Å². The van der Waals surface area contributed by atoms with Crippen LogP contribution >= 0.6 is 0 Å². The van der Waals surface area contributed by atoms with Crippen LogP contribution in [0.2, 0.25) is 0 Å².